The quantitative estimate of drug-likeness (QED) is 0.709. The molecule has 0 aliphatic carbocycles. The van der Waals surface area contributed by atoms with E-state index in [0.717, 1.165) is 11.1 Å². The standard InChI is InChI=1S/C11H14O/c1-3-6-10-7-4-5-8-11(10)9(2)12/h3-9,12H,1-2H3/b6-3+/t9-/m0/s1. The summed E-state index contributed by atoms with van der Waals surface area (Å²) in [5, 5.41) is 9.40. The van der Waals surface area contributed by atoms with Crippen LogP contribution in [0.25, 0.3) is 6.08 Å². The Labute approximate surface area is 73.4 Å². The molecule has 1 aromatic carbocycles. The maximum Gasteiger partial charge on any atom is 0.0767 e. The van der Waals surface area contributed by atoms with E-state index in [0.29, 0.717) is 0 Å². The molecule has 0 heterocycles. The molecule has 0 saturated carbocycles. The number of hydrogen-bond acceptors (Lipinski definition) is 1. The second kappa shape index (κ2) is 4.07. The minimum Gasteiger partial charge on any atom is -0.389 e. The lowest BCUT2D eigenvalue weighted by Crippen LogP contribution is -1.93. The third-order valence-corrected chi connectivity index (χ3v) is 1.79. The Kier molecular flexibility index (Phi) is 3.06. The maximum absolute atomic E-state index is 9.40. The van der Waals surface area contributed by atoms with E-state index in [2.05, 4.69) is 0 Å². The molecule has 0 aliphatic heterocycles. The van der Waals surface area contributed by atoms with Crippen molar-refractivity contribution < 1.29 is 5.11 Å². The number of hydrogen-bond donors (Lipinski definition) is 1. The lowest BCUT2D eigenvalue weighted by Gasteiger charge is -2.07. The Balaban J connectivity index is 3.08. The molecule has 0 radical (unpaired) electrons. The summed E-state index contributed by atoms with van der Waals surface area (Å²) in [6.45, 7) is 3.75. The van der Waals surface area contributed by atoms with Crippen LogP contribution in [0.15, 0.2) is 30.3 Å². The third-order valence-electron chi connectivity index (χ3n) is 1.79. The monoisotopic (exact) mass is 162 g/mol. The van der Waals surface area contributed by atoms with Gasteiger partial charge in [0.25, 0.3) is 0 Å². The van der Waals surface area contributed by atoms with Gasteiger partial charge in [-0.25, -0.2) is 0 Å². The summed E-state index contributed by atoms with van der Waals surface area (Å²) in [5.41, 5.74) is 2.07. The molecule has 1 rings (SSSR count). The highest BCUT2D eigenvalue weighted by Crippen LogP contribution is 2.18. The Bertz CT molecular complexity index is 274. The molecule has 0 saturated heterocycles. The zero-order chi connectivity index (χ0) is 8.97. The average Bonchev–Trinajstić information content (AvgIpc) is 2.05. The lowest BCUT2D eigenvalue weighted by atomic mass is 10.0. The lowest BCUT2D eigenvalue weighted by molar-refractivity contribution is 0.199. The molecule has 0 spiro atoms. The van der Waals surface area contributed by atoms with Gasteiger partial charge in [0.1, 0.15) is 0 Å². The predicted octanol–water partition coefficient (Wildman–Crippen LogP) is 2.77. The number of allylic oxidation sites excluding steroid dienone is 1. The largest absolute Gasteiger partial charge is 0.389 e. The topological polar surface area (TPSA) is 20.2 Å². The molecule has 0 fully saturated rings. The summed E-state index contributed by atoms with van der Waals surface area (Å²) in [5.74, 6) is 0. The molecular weight excluding hydrogens is 148 g/mol. The Hall–Kier alpha value is -1.08. The van der Waals surface area contributed by atoms with Gasteiger partial charge in [-0.1, -0.05) is 36.4 Å². The molecular formula is C11H14O. The van der Waals surface area contributed by atoms with E-state index in [-0.39, 0.29) is 0 Å². The van der Waals surface area contributed by atoms with Gasteiger partial charge in [0.15, 0.2) is 0 Å². The first-order chi connectivity index (χ1) is 5.75. The van der Waals surface area contributed by atoms with Crippen LogP contribution in [0.3, 0.4) is 0 Å². The maximum atomic E-state index is 9.40. The van der Waals surface area contributed by atoms with Crippen molar-refractivity contribution in [3.8, 4) is 0 Å². The first kappa shape index (κ1) is 9.01. The summed E-state index contributed by atoms with van der Waals surface area (Å²) in [4.78, 5) is 0. The average molecular weight is 162 g/mol. The van der Waals surface area contributed by atoms with E-state index in [9.17, 15) is 5.11 Å². The molecule has 0 amide bonds. The van der Waals surface area contributed by atoms with Crippen LogP contribution in [0.5, 0.6) is 0 Å². The molecule has 1 aromatic rings. The molecule has 1 atom stereocenters. The molecule has 12 heavy (non-hydrogen) atoms. The molecule has 0 aliphatic rings. The van der Waals surface area contributed by atoms with Crippen LogP contribution in [0.4, 0.5) is 0 Å². The van der Waals surface area contributed by atoms with Crippen molar-refractivity contribution in [2.24, 2.45) is 0 Å². The van der Waals surface area contributed by atoms with E-state index in [1.165, 1.54) is 0 Å². The molecule has 0 bridgehead atoms. The second-order valence-electron chi connectivity index (χ2n) is 2.80. The number of benzene rings is 1. The van der Waals surface area contributed by atoms with Crippen molar-refractivity contribution in [1.82, 2.24) is 0 Å². The van der Waals surface area contributed by atoms with Gasteiger partial charge in [0.2, 0.25) is 0 Å². The summed E-state index contributed by atoms with van der Waals surface area (Å²) in [6.07, 6.45) is 3.58. The van der Waals surface area contributed by atoms with Crippen LogP contribution in [0, 0.1) is 0 Å². The predicted molar refractivity (Wildman–Crippen MR) is 51.8 cm³/mol. The van der Waals surface area contributed by atoms with E-state index >= 15 is 0 Å². The minimum atomic E-state index is -0.391. The molecule has 1 heteroatoms. The summed E-state index contributed by atoms with van der Waals surface area (Å²) in [6, 6.07) is 7.86. The molecule has 0 unspecified atom stereocenters. The molecule has 1 N–H and O–H groups in total. The van der Waals surface area contributed by atoms with Crippen molar-refractivity contribution in [2.75, 3.05) is 0 Å². The SMILES string of the molecule is C/C=C/c1ccccc1[C@H](C)O. The Morgan fingerprint density at radius 3 is 2.58 bits per heavy atom. The number of aliphatic hydroxyl groups excluding tert-OH is 1. The van der Waals surface area contributed by atoms with Crippen LogP contribution < -0.4 is 0 Å². The van der Waals surface area contributed by atoms with E-state index in [4.69, 9.17) is 0 Å². The van der Waals surface area contributed by atoms with Gasteiger partial charge in [0.05, 0.1) is 6.10 Å². The van der Waals surface area contributed by atoms with E-state index in [1.54, 1.807) is 6.92 Å². The van der Waals surface area contributed by atoms with Crippen LogP contribution in [0.2, 0.25) is 0 Å². The normalized spacial score (nSPS) is 13.6. The first-order valence-corrected chi connectivity index (χ1v) is 4.15. The first-order valence-electron chi connectivity index (χ1n) is 4.15. The van der Waals surface area contributed by atoms with Crippen molar-refractivity contribution in [2.45, 2.75) is 20.0 Å². The highest BCUT2D eigenvalue weighted by molar-refractivity contribution is 5.53. The highest BCUT2D eigenvalue weighted by Gasteiger charge is 2.02. The number of rotatable bonds is 2. The van der Waals surface area contributed by atoms with Crippen molar-refractivity contribution >= 4 is 6.08 Å². The fourth-order valence-corrected chi connectivity index (χ4v) is 1.22. The van der Waals surface area contributed by atoms with E-state index < -0.39 is 6.10 Å². The summed E-state index contributed by atoms with van der Waals surface area (Å²) >= 11 is 0. The van der Waals surface area contributed by atoms with Crippen LogP contribution in [-0.4, -0.2) is 5.11 Å². The fourth-order valence-electron chi connectivity index (χ4n) is 1.22. The van der Waals surface area contributed by atoms with Gasteiger partial charge in [-0.3, -0.25) is 0 Å². The van der Waals surface area contributed by atoms with E-state index in [1.807, 2.05) is 43.3 Å². The van der Waals surface area contributed by atoms with Crippen molar-refractivity contribution in [1.29, 1.82) is 0 Å². The summed E-state index contributed by atoms with van der Waals surface area (Å²) < 4.78 is 0. The zero-order valence-corrected chi connectivity index (χ0v) is 7.49. The third kappa shape index (κ3) is 1.95. The highest BCUT2D eigenvalue weighted by atomic mass is 16.3. The van der Waals surface area contributed by atoms with Gasteiger partial charge in [-0.2, -0.15) is 0 Å². The Morgan fingerprint density at radius 1 is 1.33 bits per heavy atom. The van der Waals surface area contributed by atoms with Gasteiger partial charge < -0.3 is 5.11 Å². The van der Waals surface area contributed by atoms with Gasteiger partial charge in [-0.05, 0) is 25.0 Å². The Morgan fingerprint density at radius 2 is 2.00 bits per heavy atom. The van der Waals surface area contributed by atoms with Gasteiger partial charge in [0, 0.05) is 0 Å². The summed E-state index contributed by atoms with van der Waals surface area (Å²) in [7, 11) is 0. The second-order valence-corrected chi connectivity index (χ2v) is 2.80. The van der Waals surface area contributed by atoms with Gasteiger partial charge in [-0.15, -0.1) is 0 Å². The molecule has 1 nitrogen and oxygen atoms in total. The zero-order valence-electron chi connectivity index (χ0n) is 7.49. The van der Waals surface area contributed by atoms with Crippen LogP contribution in [0.1, 0.15) is 31.1 Å². The van der Waals surface area contributed by atoms with Crippen LogP contribution in [-0.2, 0) is 0 Å². The number of aliphatic hydroxyl groups is 1. The van der Waals surface area contributed by atoms with Crippen LogP contribution >= 0.6 is 0 Å². The molecule has 0 aromatic heterocycles. The minimum absolute atomic E-state index is 0.391. The van der Waals surface area contributed by atoms with Crippen molar-refractivity contribution in [3.63, 3.8) is 0 Å². The fraction of sp³-hybridized carbons (Fsp3) is 0.273. The molecule has 64 valence electrons. The van der Waals surface area contributed by atoms with Crippen molar-refractivity contribution in [3.05, 3.63) is 41.5 Å². The smallest absolute Gasteiger partial charge is 0.0767 e. The van der Waals surface area contributed by atoms with Gasteiger partial charge >= 0.3 is 0 Å².